The highest BCUT2D eigenvalue weighted by Gasteiger charge is 2.38. The van der Waals surface area contributed by atoms with E-state index in [2.05, 4.69) is 5.32 Å². The number of aromatic nitrogens is 1. The van der Waals surface area contributed by atoms with Crippen LogP contribution in [0.1, 0.15) is 62.2 Å². The lowest BCUT2D eigenvalue weighted by Gasteiger charge is -2.37. The maximum absolute atomic E-state index is 13.5. The number of hydrogen-bond donors (Lipinski definition) is 1. The first kappa shape index (κ1) is 20.0. The zero-order chi connectivity index (χ0) is 21.2. The maximum atomic E-state index is 13.5. The van der Waals surface area contributed by atoms with Crippen molar-refractivity contribution in [2.24, 2.45) is 0 Å². The average Bonchev–Trinajstić information content (AvgIpc) is 3.39. The number of nitrogens with zero attached hydrogens (tertiary/aromatic N) is 2. The maximum Gasteiger partial charge on any atom is 0.249 e. The summed E-state index contributed by atoms with van der Waals surface area (Å²) in [6.45, 7) is 0.810. The predicted molar refractivity (Wildman–Crippen MR) is 115 cm³/mol. The van der Waals surface area contributed by atoms with E-state index in [1.54, 1.807) is 4.90 Å². The Kier molecular flexibility index (Phi) is 5.57. The Bertz CT molecular complexity index is 961. The number of rotatable bonds is 4. The first-order valence-corrected chi connectivity index (χ1v) is 11.3. The van der Waals surface area contributed by atoms with Crippen molar-refractivity contribution < 1.29 is 19.1 Å². The minimum absolute atomic E-state index is 0.0563. The van der Waals surface area contributed by atoms with Crippen molar-refractivity contribution >= 4 is 11.8 Å². The van der Waals surface area contributed by atoms with Crippen molar-refractivity contribution in [1.82, 2.24) is 14.8 Å². The molecule has 1 aromatic heterocycles. The van der Waals surface area contributed by atoms with Gasteiger partial charge in [0.15, 0.2) is 17.5 Å². The van der Waals surface area contributed by atoms with Gasteiger partial charge in [0.05, 0.1) is 5.69 Å². The number of ether oxygens (including phenoxy) is 2. The molecule has 1 fully saturated rings. The summed E-state index contributed by atoms with van der Waals surface area (Å²) in [7, 11) is 0. The number of fused-ring (bicyclic) bond motifs is 2. The Morgan fingerprint density at radius 1 is 1.03 bits per heavy atom. The van der Waals surface area contributed by atoms with Crippen LogP contribution in [0.5, 0.6) is 11.5 Å². The lowest BCUT2D eigenvalue weighted by molar-refractivity contribution is -0.144. The van der Waals surface area contributed by atoms with Gasteiger partial charge < -0.3 is 24.3 Å². The zero-order valence-electron chi connectivity index (χ0n) is 17.7. The summed E-state index contributed by atoms with van der Waals surface area (Å²) in [4.78, 5) is 28.3. The number of amides is 2. The van der Waals surface area contributed by atoms with E-state index in [9.17, 15) is 9.59 Å². The van der Waals surface area contributed by atoms with Crippen molar-refractivity contribution in [2.75, 3.05) is 6.79 Å². The summed E-state index contributed by atoms with van der Waals surface area (Å²) in [5, 5.41) is 3.27. The van der Waals surface area contributed by atoms with Crippen LogP contribution in [0, 0.1) is 0 Å². The molecule has 1 aliphatic carbocycles. The van der Waals surface area contributed by atoms with Crippen LogP contribution in [0.15, 0.2) is 36.5 Å². The molecule has 7 nitrogen and oxygen atoms in total. The Labute approximate surface area is 182 Å². The van der Waals surface area contributed by atoms with Gasteiger partial charge in [-0.05, 0) is 42.7 Å². The molecule has 3 aliphatic rings. The molecule has 2 aromatic rings. The topological polar surface area (TPSA) is 72.8 Å². The monoisotopic (exact) mass is 423 g/mol. The highest BCUT2D eigenvalue weighted by molar-refractivity contribution is 5.90. The molecule has 5 rings (SSSR count). The van der Waals surface area contributed by atoms with Gasteiger partial charge >= 0.3 is 0 Å². The van der Waals surface area contributed by atoms with Gasteiger partial charge in [-0.2, -0.15) is 0 Å². The molecule has 0 bridgehead atoms. The number of nitrogens with one attached hydrogen (secondary N) is 1. The SMILES string of the molecule is O=C(NC1CCCCCCC1)[C@@H]1c2cccn2CC(=O)N1Cc1ccc2c(c1)OCO2. The molecular weight excluding hydrogens is 394 g/mol. The molecule has 1 aromatic carbocycles. The molecule has 0 spiro atoms. The molecule has 1 atom stereocenters. The third-order valence-electron chi connectivity index (χ3n) is 6.57. The van der Waals surface area contributed by atoms with Gasteiger partial charge in [0.25, 0.3) is 0 Å². The van der Waals surface area contributed by atoms with Crippen LogP contribution in [0.4, 0.5) is 0 Å². The average molecular weight is 424 g/mol. The van der Waals surface area contributed by atoms with E-state index >= 15 is 0 Å². The van der Waals surface area contributed by atoms with Crippen molar-refractivity contribution in [3.8, 4) is 11.5 Å². The molecule has 2 aliphatic heterocycles. The molecule has 0 unspecified atom stereocenters. The van der Waals surface area contributed by atoms with Gasteiger partial charge in [0.1, 0.15) is 6.54 Å². The van der Waals surface area contributed by atoms with Gasteiger partial charge in [-0.1, -0.05) is 38.2 Å². The molecule has 1 saturated carbocycles. The fourth-order valence-corrected chi connectivity index (χ4v) is 4.93. The number of carbonyl (C=O) groups excluding carboxylic acids is 2. The molecule has 0 saturated heterocycles. The molecule has 31 heavy (non-hydrogen) atoms. The summed E-state index contributed by atoms with van der Waals surface area (Å²) in [6.07, 6.45) is 9.93. The quantitative estimate of drug-likeness (QED) is 0.817. The van der Waals surface area contributed by atoms with Crippen LogP contribution in [-0.2, 0) is 22.7 Å². The van der Waals surface area contributed by atoms with Crippen LogP contribution >= 0.6 is 0 Å². The Morgan fingerprint density at radius 3 is 2.65 bits per heavy atom. The highest BCUT2D eigenvalue weighted by Crippen LogP contribution is 2.35. The molecule has 0 radical (unpaired) electrons. The fourth-order valence-electron chi connectivity index (χ4n) is 4.93. The molecule has 2 amide bonds. The molecule has 3 heterocycles. The Balaban J connectivity index is 1.39. The van der Waals surface area contributed by atoms with E-state index < -0.39 is 6.04 Å². The fraction of sp³-hybridized carbons (Fsp3) is 0.500. The van der Waals surface area contributed by atoms with Gasteiger partial charge in [-0.3, -0.25) is 9.59 Å². The summed E-state index contributed by atoms with van der Waals surface area (Å²) >= 11 is 0. The summed E-state index contributed by atoms with van der Waals surface area (Å²) in [5.74, 6) is 1.25. The lowest BCUT2D eigenvalue weighted by Crippen LogP contribution is -2.50. The van der Waals surface area contributed by atoms with Crippen molar-refractivity contribution in [1.29, 1.82) is 0 Å². The van der Waals surface area contributed by atoms with Crippen LogP contribution in [0.2, 0.25) is 0 Å². The number of carbonyl (C=O) groups is 2. The van der Waals surface area contributed by atoms with E-state index in [-0.39, 0.29) is 31.2 Å². The minimum Gasteiger partial charge on any atom is -0.454 e. The minimum atomic E-state index is -0.632. The van der Waals surface area contributed by atoms with Crippen LogP contribution in [0.3, 0.4) is 0 Å². The predicted octanol–water partition coefficient (Wildman–Crippen LogP) is 3.53. The largest absolute Gasteiger partial charge is 0.454 e. The van der Waals surface area contributed by atoms with E-state index in [0.29, 0.717) is 18.0 Å². The van der Waals surface area contributed by atoms with Crippen molar-refractivity contribution in [3.05, 3.63) is 47.8 Å². The van der Waals surface area contributed by atoms with E-state index in [1.807, 2.05) is 41.1 Å². The first-order valence-electron chi connectivity index (χ1n) is 11.3. The van der Waals surface area contributed by atoms with Gasteiger partial charge in [0.2, 0.25) is 18.6 Å². The van der Waals surface area contributed by atoms with Gasteiger partial charge in [0, 0.05) is 18.8 Å². The summed E-state index contributed by atoms with van der Waals surface area (Å²) in [5.41, 5.74) is 1.78. The molecular formula is C24H29N3O4. The zero-order valence-corrected chi connectivity index (χ0v) is 17.7. The Hall–Kier alpha value is -2.96. The third-order valence-corrected chi connectivity index (χ3v) is 6.57. The van der Waals surface area contributed by atoms with Crippen molar-refractivity contribution in [2.45, 2.75) is 70.1 Å². The van der Waals surface area contributed by atoms with Gasteiger partial charge in [-0.25, -0.2) is 0 Å². The van der Waals surface area contributed by atoms with E-state index in [1.165, 1.54) is 19.3 Å². The van der Waals surface area contributed by atoms with Gasteiger partial charge in [-0.15, -0.1) is 0 Å². The lowest BCUT2D eigenvalue weighted by atomic mass is 9.96. The summed E-state index contributed by atoms with van der Waals surface area (Å²) in [6, 6.07) is 9.08. The second-order valence-corrected chi connectivity index (χ2v) is 8.72. The molecule has 1 N–H and O–H groups in total. The van der Waals surface area contributed by atoms with Crippen LogP contribution in [-0.4, -0.2) is 34.1 Å². The first-order chi connectivity index (χ1) is 15.2. The number of hydrogen-bond acceptors (Lipinski definition) is 4. The van der Waals surface area contributed by atoms with Crippen LogP contribution < -0.4 is 14.8 Å². The standard InChI is InChI=1S/C24H29N3O4/c28-22-15-26-12-6-9-19(26)23(24(29)25-18-7-4-2-1-3-5-8-18)27(22)14-17-10-11-20-21(13-17)31-16-30-20/h6,9-13,18,23H,1-5,7-8,14-16H2,(H,25,29)/t23-/m0/s1. The molecule has 164 valence electrons. The van der Waals surface area contributed by atoms with E-state index in [0.717, 1.165) is 36.9 Å². The number of benzene rings is 1. The van der Waals surface area contributed by atoms with Crippen LogP contribution in [0.25, 0.3) is 0 Å². The van der Waals surface area contributed by atoms with Crippen molar-refractivity contribution in [3.63, 3.8) is 0 Å². The summed E-state index contributed by atoms with van der Waals surface area (Å²) < 4.78 is 12.8. The molecule has 7 heteroatoms. The van der Waals surface area contributed by atoms with E-state index in [4.69, 9.17) is 9.47 Å². The highest BCUT2D eigenvalue weighted by atomic mass is 16.7. The second-order valence-electron chi connectivity index (χ2n) is 8.72. The normalized spacial score (nSPS) is 21.4. The second kappa shape index (κ2) is 8.65. The smallest absolute Gasteiger partial charge is 0.249 e. The third kappa shape index (κ3) is 4.13. The Morgan fingerprint density at radius 2 is 1.81 bits per heavy atom.